The molecule has 0 spiro atoms. The molecular weight excluding hydrogens is 297 g/mol. The number of rotatable bonds is 4. The van der Waals surface area contributed by atoms with Crippen LogP contribution < -0.4 is 16.5 Å². The molecule has 0 aliphatic heterocycles. The maximum atomic E-state index is 12.7. The molecule has 6 nitrogen and oxygen atoms in total. The zero-order chi connectivity index (χ0) is 16.3. The Morgan fingerprint density at radius 1 is 1.14 bits per heavy atom. The van der Waals surface area contributed by atoms with Gasteiger partial charge in [0.1, 0.15) is 12.0 Å². The number of nitrogen functional groups attached to an aromatic ring is 1. The molecule has 2 rings (SSSR count). The zero-order valence-electron chi connectivity index (χ0n) is 11.9. The van der Waals surface area contributed by atoms with Crippen LogP contribution in [0.4, 0.5) is 36.2 Å². The summed E-state index contributed by atoms with van der Waals surface area (Å²) in [4.78, 5) is 7.91. The normalized spacial score (nSPS) is 11.5. The summed E-state index contributed by atoms with van der Waals surface area (Å²) in [5.41, 5.74) is 8.46. The number of hydrogen-bond acceptors (Lipinski definition) is 6. The van der Waals surface area contributed by atoms with Crippen LogP contribution in [0, 0.1) is 0 Å². The van der Waals surface area contributed by atoms with Crippen molar-refractivity contribution in [3.05, 3.63) is 36.2 Å². The second-order valence-electron chi connectivity index (χ2n) is 4.69. The lowest BCUT2D eigenvalue weighted by molar-refractivity contribution is -0.137. The Balaban J connectivity index is 2.28. The van der Waals surface area contributed by atoms with Crippen LogP contribution in [0.3, 0.4) is 0 Å². The fraction of sp³-hybridized carbons (Fsp3) is 0.231. The summed E-state index contributed by atoms with van der Waals surface area (Å²) in [5, 5.41) is 4.40. The number of aromatic nitrogens is 2. The van der Waals surface area contributed by atoms with E-state index >= 15 is 0 Å². The van der Waals surface area contributed by atoms with Crippen molar-refractivity contribution in [2.45, 2.75) is 6.18 Å². The average Bonchev–Trinajstić information content (AvgIpc) is 2.42. The van der Waals surface area contributed by atoms with Gasteiger partial charge in [-0.05, 0) is 18.2 Å². The van der Waals surface area contributed by atoms with Crippen molar-refractivity contribution >= 4 is 23.0 Å². The molecule has 118 valence electrons. The van der Waals surface area contributed by atoms with E-state index in [1.165, 1.54) is 18.5 Å². The number of nitrogens with one attached hydrogen (secondary N) is 2. The van der Waals surface area contributed by atoms with Crippen molar-refractivity contribution in [1.29, 1.82) is 0 Å². The van der Waals surface area contributed by atoms with E-state index in [0.717, 1.165) is 12.1 Å². The van der Waals surface area contributed by atoms with Crippen LogP contribution in [-0.2, 0) is 6.18 Å². The summed E-state index contributed by atoms with van der Waals surface area (Å²) in [5.74, 6) is 0.577. The number of benzene rings is 1. The molecular formula is C13H15F3N6. The second-order valence-corrected chi connectivity index (χ2v) is 4.69. The Morgan fingerprint density at radius 3 is 2.45 bits per heavy atom. The minimum Gasteiger partial charge on any atom is -0.393 e. The number of hydrogen-bond donors (Lipinski definition) is 3. The molecule has 2 aromatic rings. The smallest absolute Gasteiger partial charge is 0.393 e. The third kappa shape index (κ3) is 3.76. The lowest BCUT2D eigenvalue weighted by Gasteiger charge is -2.16. The number of alkyl halides is 3. The maximum Gasteiger partial charge on any atom is 0.416 e. The van der Waals surface area contributed by atoms with Gasteiger partial charge in [-0.25, -0.2) is 15.0 Å². The van der Waals surface area contributed by atoms with Crippen molar-refractivity contribution in [2.24, 2.45) is 0 Å². The first kappa shape index (κ1) is 15.8. The van der Waals surface area contributed by atoms with Crippen molar-refractivity contribution in [1.82, 2.24) is 15.0 Å². The van der Waals surface area contributed by atoms with Gasteiger partial charge in [0.05, 0.1) is 5.56 Å². The van der Waals surface area contributed by atoms with Gasteiger partial charge in [0.2, 0.25) is 0 Å². The largest absolute Gasteiger partial charge is 0.416 e. The van der Waals surface area contributed by atoms with Gasteiger partial charge in [0, 0.05) is 19.8 Å². The first-order chi connectivity index (χ1) is 10.3. The van der Waals surface area contributed by atoms with Crippen molar-refractivity contribution < 1.29 is 13.2 Å². The highest BCUT2D eigenvalue weighted by Gasteiger charge is 2.30. The van der Waals surface area contributed by atoms with Gasteiger partial charge >= 0.3 is 6.18 Å². The Morgan fingerprint density at radius 2 is 1.82 bits per heavy atom. The molecule has 1 heterocycles. The molecule has 0 saturated heterocycles. The molecule has 1 aromatic carbocycles. The van der Waals surface area contributed by atoms with Crippen LogP contribution in [0.5, 0.6) is 0 Å². The highest BCUT2D eigenvalue weighted by atomic mass is 19.4. The molecule has 0 fully saturated rings. The molecule has 0 radical (unpaired) electrons. The summed E-state index contributed by atoms with van der Waals surface area (Å²) >= 11 is 0. The molecule has 0 bridgehead atoms. The van der Waals surface area contributed by atoms with E-state index in [2.05, 4.69) is 20.7 Å². The number of anilines is 4. The molecule has 0 aliphatic rings. The van der Waals surface area contributed by atoms with Crippen LogP contribution >= 0.6 is 0 Å². The summed E-state index contributed by atoms with van der Waals surface area (Å²) in [6, 6.07) is 4.78. The van der Waals surface area contributed by atoms with Gasteiger partial charge < -0.3 is 16.5 Å². The van der Waals surface area contributed by atoms with Crippen molar-refractivity contribution in [3.8, 4) is 0 Å². The first-order valence-electron chi connectivity index (χ1n) is 6.26. The van der Waals surface area contributed by atoms with E-state index in [1.54, 1.807) is 19.1 Å². The average molecular weight is 312 g/mol. The first-order valence-corrected chi connectivity index (χ1v) is 6.26. The summed E-state index contributed by atoms with van der Waals surface area (Å²) in [6.07, 6.45) is -3.15. The molecule has 0 amide bonds. The predicted molar refractivity (Wildman–Crippen MR) is 78.5 cm³/mol. The van der Waals surface area contributed by atoms with E-state index in [0.29, 0.717) is 5.82 Å². The predicted octanol–water partition coefficient (Wildman–Crippen LogP) is 2.71. The molecule has 0 unspecified atom stereocenters. The minimum atomic E-state index is -4.41. The fourth-order valence-corrected chi connectivity index (χ4v) is 1.71. The second kappa shape index (κ2) is 6.06. The SMILES string of the molecule is CN(C)Nc1ncnc(Nc2cccc(C(F)(F)F)c2)c1N. The zero-order valence-corrected chi connectivity index (χ0v) is 11.9. The number of halogens is 3. The Kier molecular flexibility index (Phi) is 4.36. The van der Waals surface area contributed by atoms with Crippen LogP contribution in [0.25, 0.3) is 0 Å². The quantitative estimate of drug-likeness (QED) is 0.753. The van der Waals surface area contributed by atoms with E-state index in [1.807, 2.05) is 0 Å². The summed E-state index contributed by atoms with van der Waals surface area (Å²) in [6.45, 7) is 0. The third-order valence-corrected chi connectivity index (χ3v) is 2.67. The highest BCUT2D eigenvalue weighted by Crippen LogP contribution is 2.32. The van der Waals surface area contributed by atoms with Crippen LogP contribution in [-0.4, -0.2) is 29.1 Å². The number of hydrazine groups is 1. The monoisotopic (exact) mass is 312 g/mol. The fourth-order valence-electron chi connectivity index (χ4n) is 1.71. The van der Waals surface area contributed by atoms with E-state index < -0.39 is 11.7 Å². The standard InChI is InChI=1S/C13H15F3N6/c1-22(2)21-12-10(17)11(18-7-19-12)20-9-5-3-4-8(6-9)13(14,15)16/h3-7H,17H2,1-2H3,(H2,18,19,20,21). The van der Waals surface area contributed by atoms with Gasteiger partial charge in [-0.15, -0.1) is 0 Å². The van der Waals surface area contributed by atoms with Gasteiger partial charge in [-0.1, -0.05) is 6.07 Å². The van der Waals surface area contributed by atoms with Crippen LogP contribution in [0.15, 0.2) is 30.6 Å². The van der Waals surface area contributed by atoms with Gasteiger partial charge in [0.15, 0.2) is 11.6 Å². The van der Waals surface area contributed by atoms with Gasteiger partial charge in [0.25, 0.3) is 0 Å². The van der Waals surface area contributed by atoms with Gasteiger partial charge in [-0.3, -0.25) is 0 Å². The van der Waals surface area contributed by atoms with E-state index in [-0.39, 0.29) is 17.2 Å². The lowest BCUT2D eigenvalue weighted by atomic mass is 10.2. The third-order valence-electron chi connectivity index (χ3n) is 2.67. The maximum absolute atomic E-state index is 12.7. The number of nitrogens with zero attached hydrogens (tertiary/aromatic N) is 3. The van der Waals surface area contributed by atoms with Gasteiger partial charge in [-0.2, -0.15) is 13.2 Å². The Bertz CT molecular complexity index is 656. The van der Waals surface area contributed by atoms with Crippen molar-refractivity contribution in [2.75, 3.05) is 30.6 Å². The lowest BCUT2D eigenvalue weighted by Crippen LogP contribution is -2.21. The topological polar surface area (TPSA) is 79.1 Å². The highest BCUT2D eigenvalue weighted by molar-refractivity contribution is 5.77. The molecule has 22 heavy (non-hydrogen) atoms. The van der Waals surface area contributed by atoms with E-state index in [4.69, 9.17) is 5.73 Å². The molecule has 4 N–H and O–H groups in total. The minimum absolute atomic E-state index is 0.202. The Hall–Kier alpha value is -2.55. The molecule has 0 saturated carbocycles. The van der Waals surface area contributed by atoms with E-state index in [9.17, 15) is 13.2 Å². The van der Waals surface area contributed by atoms with Crippen LogP contribution in [0.2, 0.25) is 0 Å². The Labute approximate surface area is 125 Å². The molecule has 0 atom stereocenters. The summed E-state index contributed by atoms with van der Waals surface area (Å²) < 4.78 is 38.1. The van der Waals surface area contributed by atoms with Crippen LogP contribution in [0.1, 0.15) is 5.56 Å². The molecule has 1 aromatic heterocycles. The van der Waals surface area contributed by atoms with Crippen molar-refractivity contribution in [3.63, 3.8) is 0 Å². The molecule has 9 heteroatoms. The molecule has 0 aliphatic carbocycles. The summed E-state index contributed by atoms with van der Waals surface area (Å²) in [7, 11) is 3.50. The number of nitrogens with two attached hydrogens (primary N) is 1.